The van der Waals surface area contributed by atoms with Gasteiger partial charge in [-0.05, 0) is 0 Å². The molecule has 0 heterocycles. The van der Waals surface area contributed by atoms with Crippen LogP contribution in [0.2, 0.25) is 0 Å². The second-order valence-electron chi connectivity index (χ2n) is 2.07. The molecule has 2 aromatic rings. The van der Waals surface area contributed by atoms with E-state index in [1.54, 1.807) is 0 Å². The second-order valence-corrected chi connectivity index (χ2v) is 2.98. The van der Waals surface area contributed by atoms with Gasteiger partial charge in [-0.2, -0.15) is 30.3 Å². The first-order chi connectivity index (χ1) is 5.39. The predicted octanol–water partition coefficient (Wildman–Crippen LogP) is 3.57. The first-order valence-corrected chi connectivity index (χ1v) is 4.23. The van der Waals surface area contributed by atoms with Crippen LogP contribution in [0.15, 0.2) is 59.1 Å². The molecule has 0 unspecified atom stereocenters. The summed E-state index contributed by atoms with van der Waals surface area (Å²) in [4.78, 5) is 0. The molecule has 2 heteroatoms. The van der Waals surface area contributed by atoms with E-state index in [0.717, 1.165) is 4.47 Å². The van der Waals surface area contributed by atoms with Gasteiger partial charge in [0.2, 0.25) is 0 Å². The van der Waals surface area contributed by atoms with Crippen molar-refractivity contribution in [1.82, 2.24) is 0 Å². The maximum absolute atomic E-state index is 3.28. The summed E-state index contributed by atoms with van der Waals surface area (Å²) < 4.78 is 1.16. The van der Waals surface area contributed by atoms with Gasteiger partial charge < -0.3 is 0 Å². The van der Waals surface area contributed by atoms with E-state index in [1.807, 2.05) is 54.6 Å². The standard InChI is InChI=1S/C5H4Br.C5H5.Fe/c6-5-3-1-2-4-5;1-2-4-5-3-1;/h1-4H;1-5H;/q2*-1;. The first kappa shape index (κ1) is 11.7. The minimum atomic E-state index is 0. The average molecular weight is 265 g/mol. The summed E-state index contributed by atoms with van der Waals surface area (Å²) in [5.41, 5.74) is 0. The van der Waals surface area contributed by atoms with E-state index in [4.69, 9.17) is 0 Å². The number of hydrogen-bond donors (Lipinski definition) is 0. The van der Waals surface area contributed by atoms with Crippen LogP contribution in [-0.2, 0) is 17.1 Å². The van der Waals surface area contributed by atoms with Crippen LogP contribution >= 0.6 is 15.9 Å². The Morgan fingerprint density at radius 3 is 1.58 bits per heavy atom. The Bertz CT molecular complexity index is 228. The fourth-order valence-electron chi connectivity index (χ4n) is 0.671. The Hall–Kier alpha value is -0.301. The Morgan fingerprint density at radius 1 is 0.917 bits per heavy atom. The molecule has 0 spiro atoms. The Labute approximate surface area is 91.9 Å². The molecule has 0 aliphatic carbocycles. The molecular weight excluding hydrogens is 256 g/mol. The molecule has 12 heavy (non-hydrogen) atoms. The van der Waals surface area contributed by atoms with Crippen LogP contribution in [0.25, 0.3) is 0 Å². The molecule has 0 atom stereocenters. The number of hydrogen-bond acceptors (Lipinski definition) is 0. The van der Waals surface area contributed by atoms with E-state index in [2.05, 4.69) is 15.9 Å². The zero-order valence-electron chi connectivity index (χ0n) is 6.43. The molecule has 0 fully saturated rings. The van der Waals surface area contributed by atoms with Crippen molar-refractivity contribution < 1.29 is 17.1 Å². The maximum Gasteiger partial charge on any atom is 0 e. The molecular formula is C10H9BrFe-2. The molecule has 2 aromatic carbocycles. The molecule has 2 rings (SSSR count). The molecule has 0 aliphatic heterocycles. The fourth-order valence-corrected chi connectivity index (χ4v) is 0.976. The predicted molar refractivity (Wildman–Crippen MR) is 51.8 cm³/mol. The summed E-state index contributed by atoms with van der Waals surface area (Å²) in [7, 11) is 0. The average Bonchev–Trinajstić information content (AvgIpc) is 2.57. The van der Waals surface area contributed by atoms with Gasteiger partial charge in [0.1, 0.15) is 0 Å². The molecule has 0 amide bonds. The molecule has 0 aromatic heterocycles. The van der Waals surface area contributed by atoms with Crippen molar-refractivity contribution in [2.45, 2.75) is 0 Å². The van der Waals surface area contributed by atoms with Crippen LogP contribution in [0.1, 0.15) is 0 Å². The van der Waals surface area contributed by atoms with Crippen molar-refractivity contribution >= 4 is 15.9 Å². The zero-order valence-corrected chi connectivity index (χ0v) is 9.12. The number of rotatable bonds is 0. The molecule has 0 N–H and O–H groups in total. The molecule has 0 nitrogen and oxygen atoms in total. The SMILES string of the molecule is Br[c-]1cccc1.[Fe].c1cc[cH-]c1. The van der Waals surface area contributed by atoms with Gasteiger partial charge in [-0.15, -0.1) is 15.9 Å². The minimum absolute atomic E-state index is 0. The van der Waals surface area contributed by atoms with Crippen molar-refractivity contribution in [1.29, 1.82) is 0 Å². The van der Waals surface area contributed by atoms with Crippen molar-refractivity contribution in [3.05, 3.63) is 59.1 Å². The summed E-state index contributed by atoms with van der Waals surface area (Å²) in [5.74, 6) is 0. The monoisotopic (exact) mass is 264 g/mol. The Balaban J connectivity index is 0.000000189. The first-order valence-electron chi connectivity index (χ1n) is 3.43. The van der Waals surface area contributed by atoms with Crippen LogP contribution in [0.5, 0.6) is 0 Å². The smallest absolute Gasteiger partial charge is 0 e. The van der Waals surface area contributed by atoms with E-state index >= 15 is 0 Å². The largest absolute Gasteiger partial charge is 0.214 e. The van der Waals surface area contributed by atoms with Gasteiger partial charge in [0.15, 0.2) is 0 Å². The van der Waals surface area contributed by atoms with Gasteiger partial charge in [0.05, 0.1) is 0 Å². The molecule has 0 saturated carbocycles. The van der Waals surface area contributed by atoms with Crippen LogP contribution in [0.3, 0.4) is 0 Å². The summed E-state index contributed by atoms with van der Waals surface area (Å²) >= 11 is 3.28. The van der Waals surface area contributed by atoms with Crippen LogP contribution < -0.4 is 0 Å². The van der Waals surface area contributed by atoms with E-state index in [1.165, 1.54) is 0 Å². The third-order valence-electron chi connectivity index (χ3n) is 1.18. The number of halogens is 1. The van der Waals surface area contributed by atoms with Gasteiger partial charge in [-0.1, -0.05) is 4.47 Å². The van der Waals surface area contributed by atoms with Gasteiger partial charge in [-0.25, -0.2) is 24.3 Å². The minimum Gasteiger partial charge on any atom is -0.214 e. The van der Waals surface area contributed by atoms with Crippen molar-refractivity contribution in [2.24, 2.45) is 0 Å². The zero-order chi connectivity index (χ0) is 7.94. The molecule has 0 saturated heterocycles. The van der Waals surface area contributed by atoms with E-state index in [0.29, 0.717) is 0 Å². The van der Waals surface area contributed by atoms with Crippen molar-refractivity contribution in [2.75, 3.05) is 0 Å². The van der Waals surface area contributed by atoms with Gasteiger partial charge in [-0.3, -0.25) is 0 Å². The van der Waals surface area contributed by atoms with Gasteiger partial charge in [0.25, 0.3) is 0 Å². The van der Waals surface area contributed by atoms with Gasteiger partial charge in [0, 0.05) is 17.1 Å². The van der Waals surface area contributed by atoms with Crippen molar-refractivity contribution in [3.8, 4) is 0 Å². The Morgan fingerprint density at radius 2 is 1.42 bits per heavy atom. The van der Waals surface area contributed by atoms with Crippen LogP contribution in [0, 0.1) is 0 Å². The topological polar surface area (TPSA) is 0 Å². The summed E-state index contributed by atoms with van der Waals surface area (Å²) in [6.07, 6.45) is 0. The van der Waals surface area contributed by atoms with Crippen LogP contribution in [0.4, 0.5) is 0 Å². The second kappa shape index (κ2) is 7.35. The van der Waals surface area contributed by atoms with Crippen molar-refractivity contribution in [3.63, 3.8) is 0 Å². The fraction of sp³-hybridized carbons (Fsp3) is 0. The maximum atomic E-state index is 3.28. The van der Waals surface area contributed by atoms with E-state index in [9.17, 15) is 0 Å². The Kier molecular flexibility index (Phi) is 7.17. The quantitative estimate of drug-likeness (QED) is 0.504. The third kappa shape index (κ3) is 5.36. The molecule has 66 valence electrons. The molecule has 0 aliphatic rings. The summed E-state index contributed by atoms with van der Waals surface area (Å²) in [6.45, 7) is 0. The van der Waals surface area contributed by atoms with Crippen LogP contribution in [-0.4, -0.2) is 0 Å². The van der Waals surface area contributed by atoms with E-state index in [-0.39, 0.29) is 17.1 Å². The molecule has 0 radical (unpaired) electrons. The summed E-state index contributed by atoms with van der Waals surface area (Å²) in [5, 5.41) is 0. The summed E-state index contributed by atoms with van der Waals surface area (Å²) in [6, 6.07) is 18.0. The third-order valence-corrected chi connectivity index (χ3v) is 1.71. The van der Waals surface area contributed by atoms with E-state index < -0.39 is 0 Å². The molecule has 0 bridgehead atoms. The van der Waals surface area contributed by atoms with Gasteiger partial charge >= 0.3 is 0 Å². The normalized spacial score (nSPS) is 7.75.